The first-order valence-electron chi connectivity index (χ1n) is 7.58. The van der Waals surface area contributed by atoms with Crippen molar-refractivity contribution in [2.45, 2.75) is 0 Å². The van der Waals surface area contributed by atoms with Crippen molar-refractivity contribution in [1.29, 1.82) is 0 Å². The number of hydrogen-bond donors (Lipinski definition) is 1. The molecule has 7 nitrogen and oxygen atoms in total. The second-order valence-electron chi connectivity index (χ2n) is 5.30. The third kappa shape index (κ3) is 4.50. The van der Waals surface area contributed by atoms with Crippen LogP contribution in [0.3, 0.4) is 0 Å². The molecule has 0 aliphatic heterocycles. The zero-order chi connectivity index (χ0) is 19.4. The molecule has 1 N–H and O–H groups in total. The number of nitro benzene ring substituents is 1. The molecule has 0 radical (unpaired) electrons. The maximum Gasteiger partial charge on any atom is 0.281 e. The average molecular weight is 493 g/mol. The molecule has 3 rings (SSSR count). The Morgan fingerprint density at radius 1 is 1.15 bits per heavy atom. The Morgan fingerprint density at radius 2 is 1.93 bits per heavy atom. The average Bonchev–Trinajstić information content (AvgIpc) is 3.10. The van der Waals surface area contributed by atoms with Gasteiger partial charge in [0.05, 0.1) is 22.3 Å². The van der Waals surface area contributed by atoms with Gasteiger partial charge in [0, 0.05) is 15.0 Å². The SMILES string of the molecule is O=C(N/N=C\c1ccc(-c2ccc(Br)cc2[N+](=O)[O-])o1)c1ccccc1Br. The molecule has 136 valence electrons. The molecule has 0 aliphatic carbocycles. The van der Waals surface area contributed by atoms with Gasteiger partial charge < -0.3 is 4.42 Å². The smallest absolute Gasteiger partial charge is 0.281 e. The predicted octanol–water partition coefficient (Wildman–Crippen LogP) is 5.14. The van der Waals surface area contributed by atoms with Crippen LogP contribution in [0.1, 0.15) is 16.1 Å². The third-order valence-electron chi connectivity index (χ3n) is 3.53. The Balaban J connectivity index is 1.75. The summed E-state index contributed by atoms with van der Waals surface area (Å²) in [6.45, 7) is 0. The number of hydrazone groups is 1. The summed E-state index contributed by atoms with van der Waals surface area (Å²) < 4.78 is 6.83. The molecule has 1 aromatic heterocycles. The molecule has 0 fully saturated rings. The van der Waals surface area contributed by atoms with Gasteiger partial charge in [-0.1, -0.05) is 28.1 Å². The maximum atomic E-state index is 12.1. The van der Waals surface area contributed by atoms with Gasteiger partial charge in [-0.15, -0.1) is 0 Å². The van der Waals surface area contributed by atoms with E-state index in [9.17, 15) is 14.9 Å². The standard InChI is InChI=1S/C18H11Br2N3O4/c19-11-5-7-14(16(9-11)23(25)26)17-8-6-12(27-17)10-21-22-18(24)13-3-1-2-4-15(13)20/h1-10H,(H,22,24)/b21-10-. The summed E-state index contributed by atoms with van der Waals surface area (Å²) in [5.74, 6) is 0.288. The van der Waals surface area contributed by atoms with Gasteiger partial charge in [-0.3, -0.25) is 14.9 Å². The minimum Gasteiger partial charge on any atom is -0.455 e. The number of halogens is 2. The van der Waals surface area contributed by atoms with E-state index in [1.54, 1.807) is 48.5 Å². The summed E-state index contributed by atoms with van der Waals surface area (Å²) in [6, 6.07) is 14.9. The lowest BCUT2D eigenvalue weighted by Crippen LogP contribution is -2.17. The van der Waals surface area contributed by atoms with Gasteiger partial charge in [-0.2, -0.15) is 5.10 Å². The first kappa shape index (κ1) is 19.0. The van der Waals surface area contributed by atoms with Crippen LogP contribution in [0, 0.1) is 10.1 Å². The number of carbonyl (C=O) groups excluding carboxylic acids is 1. The molecular formula is C18H11Br2N3O4. The molecule has 1 amide bonds. The van der Waals surface area contributed by atoms with E-state index < -0.39 is 4.92 Å². The number of nitrogens with zero attached hydrogens (tertiary/aromatic N) is 2. The zero-order valence-electron chi connectivity index (χ0n) is 13.6. The summed E-state index contributed by atoms with van der Waals surface area (Å²) in [4.78, 5) is 22.8. The van der Waals surface area contributed by atoms with Crippen molar-refractivity contribution in [1.82, 2.24) is 5.43 Å². The van der Waals surface area contributed by atoms with Gasteiger partial charge in [-0.25, -0.2) is 5.43 Å². The van der Waals surface area contributed by atoms with E-state index in [1.807, 2.05) is 0 Å². The molecule has 0 bridgehead atoms. The van der Waals surface area contributed by atoms with E-state index in [1.165, 1.54) is 12.3 Å². The normalized spacial score (nSPS) is 10.9. The van der Waals surface area contributed by atoms with Crippen molar-refractivity contribution in [2.75, 3.05) is 0 Å². The highest BCUT2D eigenvalue weighted by molar-refractivity contribution is 9.10. The number of nitro groups is 1. The van der Waals surface area contributed by atoms with E-state index >= 15 is 0 Å². The second-order valence-corrected chi connectivity index (χ2v) is 7.07. The van der Waals surface area contributed by atoms with Crippen molar-refractivity contribution in [3.63, 3.8) is 0 Å². The van der Waals surface area contributed by atoms with Gasteiger partial charge in [-0.05, 0) is 52.3 Å². The lowest BCUT2D eigenvalue weighted by atomic mass is 10.1. The van der Waals surface area contributed by atoms with Crippen molar-refractivity contribution < 1.29 is 14.1 Å². The Kier molecular flexibility index (Phi) is 5.82. The number of nitrogens with one attached hydrogen (secondary N) is 1. The Hall–Kier alpha value is -2.78. The van der Waals surface area contributed by atoms with Crippen LogP contribution < -0.4 is 5.43 Å². The zero-order valence-corrected chi connectivity index (χ0v) is 16.7. The maximum absolute atomic E-state index is 12.1. The second kappa shape index (κ2) is 8.28. The quantitative estimate of drug-likeness (QED) is 0.302. The van der Waals surface area contributed by atoms with E-state index in [0.717, 1.165) is 0 Å². The van der Waals surface area contributed by atoms with Crippen LogP contribution in [0.2, 0.25) is 0 Å². The van der Waals surface area contributed by atoms with Crippen LogP contribution >= 0.6 is 31.9 Å². The molecule has 0 saturated carbocycles. The highest BCUT2D eigenvalue weighted by Gasteiger charge is 2.18. The van der Waals surface area contributed by atoms with Crippen LogP contribution in [0.5, 0.6) is 0 Å². The van der Waals surface area contributed by atoms with Gasteiger partial charge in [0.25, 0.3) is 11.6 Å². The molecule has 0 saturated heterocycles. The summed E-state index contributed by atoms with van der Waals surface area (Å²) in [6.07, 6.45) is 1.32. The van der Waals surface area contributed by atoms with E-state index in [-0.39, 0.29) is 11.6 Å². The number of carbonyl (C=O) groups is 1. The molecule has 0 unspecified atom stereocenters. The van der Waals surface area contributed by atoms with E-state index in [2.05, 4.69) is 42.4 Å². The van der Waals surface area contributed by atoms with Crippen molar-refractivity contribution in [2.24, 2.45) is 5.10 Å². The van der Waals surface area contributed by atoms with Crippen LogP contribution in [0.25, 0.3) is 11.3 Å². The monoisotopic (exact) mass is 491 g/mol. The van der Waals surface area contributed by atoms with Crippen molar-refractivity contribution in [3.05, 3.63) is 85.0 Å². The van der Waals surface area contributed by atoms with Crippen LogP contribution in [0.4, 0.5) is 5.69 Å². The molecule has 27 heavy (non-hydrogen) atoms. The Bertz CT molecular complexity index is 1050. The fourth-order valence-electron chi connectivity index (χ4n) is 2.29. The fourth-order valence-corrected chi connectivity index (χ4v) is 3.11. The minimum atomic E-state index is -0.478. The van der Waals surface area contributed by atoms with Crippen LogP contribution in [-0.4, -0.2) is 17.0 Å². The lowest BCUT2D eigenvalue weighted by Gasteiger charge is -2.01. The molecule has 0 aliphatic rings. The summed E-state index contributed by atoms with van der Waals surface area (Å²) in [5.41, 5.74) is 3.11. The largest absolute Gasteiger partial charge is 0.455 e. The molecule has 0 atom stereocenters. The highest BCUT2D eigenvalue weighted by Crippen LogP contribution is 2.33. The molecule has 3 aromatic rings. The number of hydrogen-bond acceptors (Lipinski definition) is 5. The minimum absolute atomic E-state index is 0.0792. The number of benzene rings is 2. The Morgan fingerprint density at radius 3 is 2.67 bits per heavy atom. The van der Waals surface area contributed by atoms with E-state index in [4.69, 9.17) is 4.42 Å². The third-order valence-corrected chi connectivity index (χ3v) is 4.71. The number of amides is 1. The van der Waals surface area contributed by atoms with Crippen LogP contribution in [0.15, 0.2) is 73.1 Å². The number of furan rings is 1. The topological polar surface area (TPSA) is 97.7 Å². The summed E-state index contributed by atoms with van der Waals surface area (Å²) >= 11 is 6.51. The summed E-state index contributed by atoms with van der Waals surface area (Å²) in [7, 11) is 0. The molecule has 1 heterocycles. The van der Waals surface area contributed by atoms with Gasteiger partial charge in [0.1, 0.15) is 11.5 Å². The van der Waals surface area contributed by atoms with Gasteiger partial charge in [0.2, 0.25) is 0 Å². The summed E-state index contributed by atoms with van der Waals surface area (Å²) in [5, 5.41) is 15.1. The first-order valence-corrected chi connectivity index (χ1v) is 9.16. The van der Waals surface area contributed by atoms with Crippen molar-refractivity contribution >= 4 is 49.7 Å². The van der Waals surface area contributed by atoms with Crippen molar-refractivity contribution in [3.8, 4) is 11.3 Å². The first-order chi connectivity index (χ1) is 13.0. The van der Waals surface area contributed by atoms with Gasteiger partial charge >= 0.3 is 0 Å². The fraction of sp³-hybridized carbons (Fsp3) is 0. The van der Waals surface area contributed by atoms with Crippen LogP contribution in [-0.2, 0) is 0 Å². The molecule has 9 heteroatoms. The Labute approximate surface area is 170 Å². The lowest BCUT2D eigenvalue weighted by molar-refractivity contribution is -0.384. The highest BCUT2D eigenvalue weighted by atomic mass is 79.9. The molecule has 2 aromatic carbocycles. The molecular weight excluding hydrogens is 482 g/mol. The number of rotatable bonds is 5. The van der Waals surface area contributed by atoms with Gasteiger partial charge in [0.15, 0.2) is 0 Å². The van der Waals surface area contributed by atoms with E-state index in [0.29, 0.717) is 31.6 Å². The predicted molar refractivity (Wildman–Crippen MR) is 108 cm³/mol. The molecule has 0 spiro atoms.